The molecule has 0 fully saturated rings. The fourth-order valence-electron chi connectivity index (χ4n) is 0.869. The maximum absolute atomic E-state index is 13.0. The molecule has 1 aromatic rings. The monoisotopic (exact) mass is 173 g/mol. The van der Waals surface area contributed by atoms with Crippen molar-refractivity contribution in [2.24, 2.45) is 0 Å². The lowest BCUT2D eigenvalue weighted by atomic mass is 10.1. The number of anilines is 1. The van der Waals surface area contributed by atoms with E-state index in [0.717, 1.165) is 0 Å². The van der Waals surface area contributed by atoms with E-state index in [2.05, 4.69) is 0 Å². The average molecular weight is 174 g/mol. The Labute approximate surface area is 70.0 Å². The largest absolute Gasteiger partial charge is 0.398 e. The van der Waals surface area contributed by atoms with E-state index in [1.165, 1.54) is 0 Å². The van der Waals surface area contributed by atoms with Crippen molar-refractivity contribution in [3.63, 3.8) is 0 Å². The molecule has 0 radical (unpaired) electrons. The van der Waals surface area contributed by atoms with Gasteiger partial charge in [0.15, 0.2) is 0 Å². The third-order valence-electron chi connectivity index (χ3n) is 1.67. The van der Waals surface area contributed by atoms with Gasteiger partial charge in [-0.2, -0.15) is 0 Å². The van der Waals surface area contributed by atoms with E-state index >= 15 is 0 Å². The van der Waals surface area contributed by atoms with Crippen molar-refractivity contribution in [3.8, 4) is 0 Å². The molecule has 0 amide bonds. The second kappa shape index (κ2) is 2.70. The van der Waals surface area contributed by atoms with Gasteiger partial charge in [-0.15, -0.1) is 0 Å². The minimum Gasteiger partial charge on any atom is -0.398 e. The van der Waals surface area contributed by atoms with Crippen molar-refractivity contribution in [2.45, 2.75) is 13.8 Å². The Morgan fingerprint density at radius 3 is 2.55 bits per heavy atom. The molecular weight excluding hydrogens is 165 g/mol. The van der Waals surface area contributed by atoms with Crippen LogP contribution in [0.3, 0.4) is 0 Å². The van der Waals surface area contributed by atoms with Crippen molar-refractivity contribution in [1.29, 1.82) is 0 Å². The molecule has 0 spiro atoms. The van der Waals surface area contributed by atoms with Crippen LogP contribution >= 0.6 is 11.6 Å². The van der Waals surface area contributed by atoms with E-state index in [-0.39, 0.29) is 5.02 Å². The number of hydrogen-bond acceptors (Lipinski definition) is 1. The van der Waals surface area contributed by atoms with Crippen molar-refractivity contribution < 1.29 is 4.39 Å². The molecule has 0 aromatic heterocycles. The predicted octanol–water partition coefficient (Wildman–Crippen LogP) is 2.68. The second-order valence-electron chi connectivity index (χ2n) is 2.54. The molecule has 1 rings (SSSR count). The van der Waals surface area contributed by atoms with Crippen LogP contribution in [0.15, 0.2) is 6.07 Å². The van der Waals surface area contributed by atoms with Gasteiger partial charge in [0.25, 0.3) is 0 Å². The van der Waals surface area contributed by atoms with Crippen LogP contribution in [0.25, 0.3) is 0 Å². The normalized spacial score (nSPS) is 10.2. The summed E-state index contributed by atoms with van der Waals surface area (Å²) in [5.74, 6) is -0.413. The highest BCUT2D eigenvalue weighted by atomic mass is 35.5. The Kier molecular flexibility index (Phi) is 2.05. The van der Waals surface area contributed by atoms with E-state index in [4.69, 9.17) is 17.3 Å². The minimum atomic E-state index is -0.413. The Morgan fingerprint density at radius 2 is 2.00 bits per heavy atom. The third-order valence-corrected chi connectivity index (χ3v) is 2.14. The van der Waals surface area contributed by atoms with Gasteiger partial charge in [0, 0.05) is 11.3 Å². The number of halogens is 2. The van der Waals surface area contributed by atoms with Gasteiger partial charge in [-0.05, 0) is 25.5 Å². The smallest absolute Gasteiger partial charge is 0.147 e. The molecule has 0 bridgehead atoms. The van der Waals surface area contributed by atoms with Crippen molar-refractivity contribution >= 4 is 17.3 Å². The summed E-state index contributed by atoms with van der Waals surface area (Å²) in [6, 6.07) is 1.67. The maximum Gasteiger partial charge on any atom is 0.147 e. The van der Waals surface area contributed by atoms with Gasteiger partial charge in [0.2, 0.25) is 0 Å². The van der Waals surface area contributed by atoms with Gasteiger partial charge in [-0.25, -0.2) is 4.39 Å². The number of hydrogen-bond donors (Lipinski definition) is 1. The van der Waals surface area contributed by atoms with Gasteiger partial charge >= 0.3 is 0 Å². The van der Waals surface area contributed by atoms with Crippen LogP contribution in [-0.4, -0.2) is 0 Å². The zero-order chi connectivity index (χ0) is 8.59. The lowest BCUT2D eigenvalue weighted by molar-refractivity contribution is 0.618. The molecule has 1 aromatic carbocycles. The molecule has 0 atom stereocenters. The van der Waals surface area contributed by atoms with E-state index in [1.54, 1.807) is 19.9 Å². The quantitative estimate of drug-likeness (QED) is 0.600. The lowest BCUT2D eigenvalue weighted by Gasteiger charge is -2.05. The highest BCUT2D eigenvalue weighted by Gasteiger charge is 2.08. The van der Waals surface area contributed by atoms with Crippen LogP contribution in [0.5, 0.6) is 0 Å². The number of nitrogens with two attached hydrogens (primary N) is 1. The first-order valence-electron chi connectivity index (χ1n) is 3.24. The topological polar surface area (TPSA) is 26.0 Å². The lowest BCUT2D eigenvalue weighted by Crippen LogP contribution is -1.95. The fraction of sp³-hybridized carbons (Fsp3) is 0.250. The van der Waals surface area contributed by atoms with Crippen molar-refractivity contribution in [1.82, 2.24) is 0 Å². The highest BCUT2D eigenvalue weighted by Crippen LogP contribution is 2.26. The zero-order valence-corrected chi connectivity index (χ0v) is 7.17. The Hall–Kier alpha value is -0.760. The molecule has 0 saturated heterocycles. The van der Waals surface area contributed by atoms with Gasteiger partial charge in [-0.3, -0.25) is 0 Å². The Balaban J connectivity index is 3.46. The summed E-state index contributed by atoms with van der Waals surface area (Å²) in [4.78, 5) is 0. The number of aryl methyl sites for hydroxylation is 1. The minimum absolute atomic E-state index is 0.164. The van der Waals surface area contributed by atoms with Gasteiger partial charge in [-0.1, -0.05) is 11.6 Å². The molecule has 0 aliphatic heterocycles. The van der Waals surface area contributed by atoms with Crippen LogP contribution in [0.1, 0.15) is 11.1 Å². The predicted molar refractivity (Wildman–Crippen MR) is 45.3 cm³/mol. The van der Waals surface area contributed by atoms with E-state index < -0.39 is 5.82 Å². The van der Waals surface area contributed by atoms with Crippen LogP contribution in [0.4, 0.5) is 10.1 Å². The van der Waals surface area contributed by atoms with Crippen LogP contribution in [0, 0.1) is 19.7 Å². The Bertz CT molecular complexity index is 270. The van der Waals surface area contributed by atoms with E-state index in [9.17, 15) is 4.39 Å². The first kappa shape index (κ1) is 8.34. The van der Waals surface area contributed by atoms with Gasteiger partial charge < -0.3 is 5.73 Å². The average Bonchev–Trinajstić information content (AvgIpc) is 1.97. The summed E-state index contributed by atoms with van der Waals surface area (Å²) in [5.41, 5.74) is 7.03. The molecule has 11 heavy (non-hydrogen) atoms. The first-order chi connectivity index (χ1) is 5.04. The summed E-state index contributed by atoms with van der Waals surface area (Å²) in [6.07, 6.45) is 0. The maximum atomic E-state index is 13.0. The van der Waals surface area contributed by atoms with E-state index in [1.807, 2.05) is 0 Å². The molecule has 0 heterocycles. The summed E-state index contributed by atoms with van der Waals surface area (Å²) in [5, 5.41) is 0.164. The SMILES string of the molecule is Cc1cc(N)c(C)c(F)c1Cl. The van der Waals surface area contributed by atoms with Crippen molar-refractivity contribution in [3.05, 3.63) is 28.0 Å². The fourth-order valence-corrected chi connectivity index (χ4v) is 1.07. The molecule has 60 valence electrons. The molecule has 2 N–H and O–H groups in total. The van der Waals surface area contributed by atoms with Crippen LogP contribution in [-0.2, 0) is 0 Å². The summed E-state index contributed by atoms with van der Waals surface area (Å²) in [6.45, 7) is 3.33. The highest BCUT2D eigenvalue weighted by molar-refractivity contribution is 6.31. The molecule has 0 saturated carbocycles. The van der Waals surface area contributed by atoms with Crippen molar-refractivity contribution in [2.75, 3.05) is 5.73 Å². The number of benzene rings is 1. The molecule has 0 aliphatic rings. The standard InChI is InChI=1S/C8H9ClFN/c1-4-3-6(11)5(2)8(10)7(4)9/h3H,11H2,1-2H3. The zero-order valence-electron chi connectivity index (χ0n) is 6.41. The van der Waals surface area contributed by atoms with E-state index in [0.29, 0.717) is 16.8 Å². The summed E-state index contributed by atoms with van der Waals surface area (Å²) in [7, 11) is 0. The van der Waals surface area contributed by atoms with Crippen LogP contribution in [0.2, 0.25) is 5.02 Å². The van der Waals surface area contributed by atoms with Gasteiger partial charge in [0.05, 0.1) is 5.02 Å². The Morgan fingerprint density at radius 1 is 1.45 bits per heavy atom. The summed E-state index contributed by atoms with van der Waals surface area (Å²) < 4.78 is 13.0. The third kappa shape index (κ3) is 1.31. The summed E-state index contributed by atoms with van der Waals surface area (Å²) >= 11 is 5.62. The number of rotatable bonds is 0. The second-order valence-corrected chi connectivity index (χ2v) is 2.91. The molecule has 1 nitrogen and oxygen atoms in total. The molecular formula is C8H9ClFN. The van der Waals surface area contributed by atoms with Gasteiger partial charge in [0.1, 0.15) is 5.82 Å². The van der Waals surface area contributed by atoms with Crippen LogP contribution < -0.4 is 5.73 Å². The molecule has 3 heteroatoms. The molecule has 0 aliphatic carbocycles. The first-order valence-corrected chi connectivity index (χ1v) is 3.62. The molecule has 0 unspecified atom stereocenters. The number of nitrogen functional groups attached to an aromatic ring is 1.